The quantitative estimate of drug-likeness (QED) is 0.516. The van der Waals surface area contributed by atoms with Crippen molar-refractivity contribution in [2.45, 2.75) is 32.3 Å². The molecule has 21 heavy (non-hydrogen) atoms. The van der Waals surface area contributed by atoms with Gasteiger partial charge in [0.25, 0.3) is 5.91 Å². The van der Waals surface area contributed by atoms with Crippen LogP contribution in [0, 0.1) is 0 Å². The minimum atomic E-state index is -0.375. The molecule has 0 aliphatic heterocycles. The van der Waals surface area contributed by atoms with E-state index < -0.39 is 0 Å². The Labute approximate surface area is 127 Å². The van der Waals surface area contributed by atoms with Gasteiger partial charge >= 0.3 is 0 Å². The molecule has 3 N–H and O–H groups in total. The van der Waals surface area contributed by atoms with Gasteiger partial charge in [0.15, 0.2) is 5.01 Å². The zero-order chi connectivity index (χ0) is 14.7. The summed E-state index contributed by atoms with van der Waals surface area (Å²) in [7, 11) is 0. The fourth-order valence-corrected chi connectivity index (χ4v) is 3.20. The molecular formula is C15H17N3O2S. The van der Waals surface area contributed by atoms with E-state index in [9.17, 15) is 4.79 Å². The van der Waals surface area contributed by atoms with Gasteiger partial charge in [0.2, 0.25) is 0 Å². The van der Waals surface area contributed by atoms with Gasteiger partial charge < -0.3 is 4.74 Å². The molecule has 1 aliphatic rings. The Balaban J connectivity index is 1.65. The highest BCUT2D eigenvalue weighted by atomic mass is 32.1. The van der Waals surface area contributed by atoms with Crippen molar-refractivity contribution in [1.82, 2.24) is 10.4 Å². The second-order valence-corrected chi connectivity index (χ2v) is 5.90. The van der Waals surface area contributed by atoms with Crippen LogP contribution in [-0.2, 0) is 19.4 Å². The third-order valence-corrected chi connectivity index (χ3v) is 4.47. The lowest BCUT2D eigenvalue weighted by Gasteiger charge is -2.16. The van der Waals surface area contributed by atoms with Crippen molar-refractivity contribution in [2.24, 2.45) is 5.84 Å². The zero-order valence-corrected chi connectivity index (χ0v) is 12.4. The van der Waals surface area contributed by atoms with Crippen molar-refractivity contribution in [3.8, 4) is 5.75 Å². The third kappa shape index (κ3) is 3.22. The number of benzene rings is 1. The first-order chi connectivity index (χ1) is 10.3. The summed E-state index contributed by atoms with van der Waals surface area (Å²) >= 11 is 1.26. The van der Waals surface area contributed by atoms with Crippen LogP contribution in [0.3, 0.4) is 0 Å². The van der Waals surface area contributed by atoms with Crippen LogP contribution in [0.1, 0.15) is 39.5 Å². The predicted molar refractivity (Wildman–Crippen MR) is 81.2 cm³/mol. The number of aromatic nitrogens is 1. The van der Waals surface area contributed by atoms with Crippen LogP contribution in [0.15, 0.2) is 23.6 Å². The first-order valence-electron chi connectivity index (χ1n) is 6.96. The average Bonchev–Trinajstić information content (AvgIpc) is 3.01. The Bertz CT molecular complexity index is 654. The summed E-state index contributed by atoms with van der Waals surface area (Å²) in [4.78, 5) is 15.5. The minimum absolute atomic E-state index is 0.349. The van der Waals surface area contributed by atoms with Crippen LogP contribution >= 0.6 is 11.3 Å². The average molecular weight is 303 g/mol. The first-order valence-corrected chi connectivity index (χ1v) is 7.84. The van der Waals surface area contributed by atoms with Gasteiger partial charge in [0, 0.05) is 5.38 Å². The van der Waals surface area contributed by atoms with Gasteiger partial charge in [0.1, 0.15) is 12.4 Å². The number of amides is 1. The number of fused-ring (bicyclic) bond motifs is 1. The van der Waals surface area contributed by atoms with Gasteiger partial charge in [-0.05, 0) is 48.9 Å². The molecular weight excluding hydrogens is 286 g/mol. The fraction of sp³-hybridized carbons (Fsp3) is 0.333. The van der Waals surface area contributed by atoms with Gasteiger partial charge in [-0.1, -0.05) is 6.07 Å². The number of thiazole rings is 1. The van der Waals surface area contributed by atoms with E-state index in [2.05, 4.69) is 22.5 Å². The van der Waals surface area contributed by atoms with Crippen LogP contribution in [0.4, 0.5) is 0 Å². The predicted octanol–water partition coefficient (Wildman–Crippen LogP) is 2.20. The van der Waals surface area contributed by atoms with E-state index in [0.29, 0.717) is 11.6 Å². The van der Waals surface area contributed by atoms with Gasteiger partial charge in [0.05, 0.1) is 5.69 Å². The zero-order valence-electron chi connectivity index (χ0n) is 11.6. The number of ether oxygens (including phenoxy) is 1. The lowest BCUT2D eigenvalue weighted by Crippen LogP contribution is -2.29. The van der Waals surface area contributed by atoms with E-state index in [1.54, 1.807) is 0 Å². The molecule has 0 atom stereocenters. The number of nitrogens with two attached hydrogens (primary N) is 1. The molecule has 0 radical (unpaired) electrons. The summed E-state index contributed by atoms with van der Waals surface area (Å²) < 4.78 is 5.77. The Morgan fingerprint density at radius 1 is 1.33 bits per heavy atom. The van der Waals surface area contributed by atoms with Crippen LogP contribution < -0.4 is 16.0 Å². The summed E-state index contributed by atoms with van der Waals surface area (Å²) in [5.41, 5.74) is 5.63. The van der Waals surface area contributed by atoms with Gasteiger partial charge in [-0.25, -0.2) is 10.8 Å². The molecule has 5 nitrogen and oxygen atoms in total. The number of carbonyl (C=O) groups excluding carboxylic acids is 1. The molecule has 6 heteroatoms. The summed E-state index contributed by atoms with van der Waals surface area (Å²) in [6.45, 7) is 0.354. The Morgan fingerprint density at radius 2 is 2.14 bits per heavy atom. The number of carbonyl (C=O) groups is 1. The lowest BCUT2D eigenvalue weighted by molar-refractivity contribution is 0.0953. The summed E-state index contributed by atoms with van der Waals surface area (Å²) in [6, 6.07) is 6.27. The number of nitrogen functional groups attached to an aromatic ring is 1. The highest BCUT2D eigenvalue weighted by Crippen LogP contribution is 2.25. The molecule has 110 valence electrons. The SMILES string of the molecule is NNC(=O)c1nc(COc2ccc3c(c2)CCCC3)cs1. The van der Waals surface area contributed by atoms with Crippen molar-refractivity contribution in [3.63, 3.8) is 0 Å². The lowest BCUT2D eigenvalue weighted by atomic mass is 9.92. The van der Waals surface area contributed by atoms with Crippen molar-refractivity contribution in [1.29, 1.82) is 0 Å². The smallest absolute Gasteiger partial charge is 0.294 e. The molecule has 1 amide bonds. The molecule has 1 aromatic heterocycles. The molecule has 0 unspecified atom stereocenters. The van der Waals surface area contributed by atoms with Crippen molar-refractivity contribution >= 4 is 17.2 Å². The molecule has 0 saturated heterocycles. The first kappa shape index (κ1) is 14.0. The summed E-state index contributed by atoms with van der Waals surface area (Å²) in [5, 5.41) is 2.16. The Hall–Kier alpha value is -1.92. The molecule has 0 saturated carbocycles. The Morgan fingerprint density at radius 3 is 2.95 bits per heavy atom. The number of hydrazine groups is 1. The monoisotopic (exact) mass is 303 g/mol. The largest absolute Gasteiger partial charge is 0.487 e. The summed E-state index contributed by atoms with van der Waals surface area (Å²) in [6.07, 6.45) is 4.82. The number of aryl methyl sites for hydroxylation is 2. The topological polar surface area (TPSA) is 77.2 Å². The van der Waals surface area contributed by atoms with E-state index in [-0.39, 0.29) is 5.91 Å². The number of hydrogen-bond acceptors (Lipinski definition) is 5. The highest BCUT2D eigenvalue weighted by Gasteiger charge is 2.12. The fourth-order valence-electron chi connectivity index (χ4n) is 2.50. The van der Waals surface area contributed by atoms with Crippen LogP contribution in [0.2, 0.25) is 0 Å². The molecule has 3 rings (SSSR count). The van der Waals surface area contributed by atoms with Crippen LogP contribution in [0.5, 0.6) is 5.75 Å². The molecule has 1 aromatic carbocycles. The van der Waals surface area contributed by atoms with Crippen molar-refractivity contribution < 1.29 is 9.53 Å². The molecule has 0 fully saturated rings. The highest BCUT2D eigenvalue weighted by molar-refractivity contribution is 7.11. The van der Waals surface area contributed by atoms with E-state index >= 15 is 0 Å². The van der Waals surface area contributed by atoms with Crippen molar-refractivity contribution in [3.05, 3.63) is 45.4 Å². The molecule has 2 aromatic rings. The van der Waals surface area contributed by atoms with Gasteiger partial charge in [-0.3, -0.25) is 10.2 Å². The maximum absolute atomic E-state index is 11.3. The van der Waals surface area contributed by atoms with Crippen molar-refractivity contribution in [2.75, 3.05) is 0 Å². The Kier molecular flexibility index (Phi) is 4.17. The second-order valence-electron chi connectivity index (χ2n) is 5.04. The molecule has 0 bridgehead atoms. The van der Waals surface area contributed by atoms with Crippen LogP contribution in [-0.4, -0.2) is 10.9 Å². The number of nitrogens with zero attached hydrogens (tertiary/aromatic N) is 1. The number of nitrogens with one attached hydrogen (secondary N) is 1. The van der Waals surface area contributed by atoms with E-state index in [4.69, 9.17) is 10.6 Å². The summed E-state index contributed by atoms with van der Waals surface area (Å²) in [5.74, 6) is 5.56. The molecule has 1 heterocycles. The van der Waals surface area contributed by atoms with Gasteiger partial charge in [-0.2, -0.15) is 0 Å². The third-order valence-electron chi connectivity index (χ3n) is 3.58. The van der Waals surface area contributed by atoms with Gasteiger partial charge in [-0.15, -0.1) is 11.3 Å². The van der Waals surface area contributed by atoms with E-state index in [1.165, 1.54) is 41.7 Å². The normalized spacial score (nSPS) is 13.6. The standard InChI is InChI=1S/C15H17N3O2S/c16-18-14(19)15-17-12(9-21-15)8-20-13-6-5-10-3-1-2-4-11(10)7-13/h5-7,9H,1-4,8,16H2,(H,18,19). The van der Waals surface area contributed by atoms with E-state index in [1.807, 2.05) is 11.4 Å². The second kappa shape index (κ2) is 6.24. The maximum Gasteiger partial charge on any atom is 0.294 e. The van der Waals surface area contributed by atoms with Crippen LogP contribution in [0.25, 0.3) is 0 Å². The molecule has 0 spiro atoms. The number of hydrogen-bond donors (Lipinski definition) is 2. The maximum atomic E-state index is 11.3. The minimum Gasteiger partial charge on any atom is -0.487 e. The molecule has 1 aliphatic carbocycles. The van der Waals surface area contributed by atoms with E-state index in [0.717, 1.165) is 17.9 Å². The number of rotatable bonds is 4.